The van der Waals surface area contributed by atoms with Crippen molar-refractivity contribution in [1.29, 1.82) is 0 Å². The number of rotatable bonds is 1. The van der Waals surface area contributed by atoms with Gasteiger partial charge < -0.3 is 0 Å². The summed E-state index contributed by atoms with van der Waals surface area (Å²) < 4.78 is 0. The van der Waals surface area contributed by atoms with Crippen molar-refractivity contribution in [2.24, 2.45) is 16.8 Å². The van der Waals surface area contributed by atoms with Gasteiger partial charge in [0, 0.05) is 22.6 Å². The molecular formula is C25H23NS. The molecule has 1 saturated carbocycles. The van der Waals surface area contributed by atoms with Crippen LogP contribution in [-0.2, 0) is 0 Å². The fraction of sp³-hybridized carbons (Fsp3) is 0.320. The van der Waals surface area contributed by atoms with Crippen molar-refractivity contribution in [3.8, 4) is 23.7 Å². The molecule has 2 heteroatoms. The summed E-state index contributed by atoms with van der Waals surface area (Å²) in [6, 6.07) is 14.1. The van der Waals surface area contributed by atoms with Crippen molar-refractivity contribution in [3.63, 3.8) is 0 Å². The lowest BCUT2D eigenvalue weighted by molar-refractivity contribution is 0.337. The van der Waals surface area contributed by atoms with Crippen LogP contribution >= 0.6 is 12.2 Å². The number of thiocarbonyl (C=S) groups is 1. The molecular weight excluding hydrogens is 346 g/mol. The van der Waals surface area contributed by atoms with Crippen molar-refractivity contribution in [3.05, 3.63) is 64.7 Å². The summed E-state index contributed by atoms with van der Waals surface area (Å²) >= 11 is 4.66. The molecule has 134 valence electrons. The molecule has 0 unspecified atom stereocenters. The summed E-state index contributed by atoms with van der Waals surface area (Å²) in [4.78, 5) is 4.03. The number of aryl methyl sites for hydroxylation is 1. The van der Waals surface area contributed by atoms with E-state index in [0.29, 0.717) is 5.92 Å². The predicted molar refractivity (Wildman–Crippen MR) is 116 cm³/mol. The van der Waals surface area contributed by atoms with Gasteiger partial charge in [0.1, 0.15) is 0 Å². The molecule has 1 fully saturated rings. The average Bonchev–Trinajstić information content (AvgIpc) is 2.69. The van der Waals surface area contributed by atoms with E-state index in [4.69, 9.17) is 0 Å². The van der Waals surface area contributed by atoms with Gasteiger partial charge in [0.25, 0.3) is 0 Å². The largest absolute Gasteiger partial charge is 0.194 e. The quantitative estimate of drug-likeness (QED) is 0.326. The van der Waals surface area contributed by atoms with E-state index >= 15 is 0 Å². The molecule has 0 aromatic heterocycles. The highest BCUT2D eigenvalue weighted by molar-refractivity contribution is 7.78. The Labute approximate surface area is 167 Å². The minimum Gasteiger partial charge on any atom is -0.194 e. The molecule has 0 saturated heterocycles. The fourth-order valence-electron chi connectivity index (χ4n) is 3.28. The van der Waals surface area contributed by atoms with Crippen LogP contribution in [-0.4, -0.2) is 5.16 Å². The summed E-state index contributed by atoms with van der Waals surface area (Å²) in [6.07, 6.45) is 5.11. The maximum atomic E-state index is 4.66. The zero-order valence-electron chi connectivity index (χ0n) is 15.9. The molecule has 27 heavy (non-hydrogen) atoms. The molecule has 2 aromatic rings. The normalized spacial score (nSPS) is 18.3. The standard InChI is InChI=1S/C25H23NS/c1-19-3-5-21(6-4-19)7-8-22-9-11-23(12-10-22)13-14-24-15-16-25(26-18-27)20(2)17-24/h9-12,15-17,19,21H,3-6H2,1-2H3. The van der Waals surface area contributed by atoms with E-state index in [1.54, 1.807) is 0 Å². The molecule has 0 radical (unpaired) electrons. The monoisotopic (exact) mass is 369 g/mol. The van der Waals surface area contributed by atoms with Gasteiger partial charge >= 0.3 is 0 Å². The lowest BCUT2D eigenvalue weighted by atomic mass is 9.83. The van der Waals surface area contributed by atoms with E-state index in [-0.39, 0.29) is 0 Å². The minimum atomic E-state index is 0.564. The van der Waals surface area contributed by atoms with Crippen molar-refractivity contribution in [2.75, 3.05) is 0 Å². The molecule has 0 N–H and O–H groups in total. The molecule has 3 rings (SSSR count). The number of aliphatic imine (C=N–C) groups is 1. The highest BCUT2D eigenvalue weighted by Crippen LogP contribution is 2.27. The predicted octanol–water partition coefficient (Wildman–Crippen LogP) is 6.31. The van der Waals surface area contributed by atoms with Gasteiger partial charge in [-0.05, 0) is 98.8 Å². The zero-order valence-corrected chi connectivity index (χ0v) is 16.7. The van der Waals surface area contributed by atoms with Gasteiger partial charge in [-0.1, -0.05) is 30.6 Å². The lowest BCUT2D eigenvalue weighted by Gasteiger charge is -2.21. The van der Waals surface area contributed by atoms with Crippen molar-refractivity contribution in [1.82, 2.24) is 0 Å². The average molecular weight is 370 g/mol. The number of hydrogen-bond acceptors (Lipinski definition) is 2. The summed E-state index contributed by atoms with van der Waals surface area (Å²) in [5.41, 5.74) is 4.90. The van der Waals surface area contributed by atoms with Gasteiger partial charge in [-0.15, -0.1) is 0 Å². The van der Waals surface area contributed by atoms with Crippen LogP contribution in [0.3, 0.4) is 0 Å². The van der Waals surface area contributed by atoms with E-state index in [1.165, 1.54) is 25.7 Å². The zero-order chi connectivity index (χ0) is 19.1. The van der Waals surface area contributed by atoms with Crippen molar-refractivity contribution >= 4 is 23.1 Å². The molecule has 1 aliphatic rings. The van der Waals surface area contributed by atoms with Gasteiger partial charge in [-0.25, -0.2) is 0 Å². The van der Waals surface area contributed by atoms with Crippen LogP contribution in [0.4, 0.5) is 5.69 Å². The molecule has 1 aliphatic carbocycles. The van der Waals surface area contributed by atoms with Gasteiger partial charge in [0.05, 0.1) is 10.8 Å². The van der Waals surface area contributed by atoms with Crippen LogP contribution in [0.25, 0.3) is 0 Å². The minimum absolute atomic E-state index is 0.564. The fourth-order valence-corrected chi connectivity index (χ4v) is 3.38. The lowest BCUT2D eigenvalue weighted by Crippen LogP contribution is -2.10. The van der Waals surface area contributed by atoms with E-state index in [2.05, 4.69) is 65.1 Å². The molecule has 0 atom stereocenters. The first-order chi connectivity index (χ1) is 13.1. The molecule has 0 aliphatic heterocycles. The van der Waals surface area contributed by atoms with E-state index in [0.717, 1.165) is 33.9 Å². The molecule has 0 spiro atoms. The van der Waals surface area contributed by atoms with Gasteiger partial charge in [-0.3, -0.25) is 0 Å². The smallest absolute Gasteiger partial charge is 0.0769 e. The van der Waals surface area contributed by atoms with E-state index in [1.807, 2.05) is 37.3 Å². The SMILES string of the molecule is Cc1cc(C#Cc2ccc(C#CC3CCC(C)CC3)cc2)ccc1N=C=S. The summed E-state index contributed by atoms with van der Waals surface area (Å²) in [7, 11) is 0. The maximum absolute atomic E-state index is 4.66. The van der Waals surface area contributed by atoms with E-state index < -0.39 is 0 Å². The van der Waals surface area contributed by atoms with E-state index in [9.17, 15) is 0 Å². The third-order valence-electron chi connectivity index (χ3n) is 5.04. The first-order valence-corrected chi connectivity index (χ1v) is 9.87. The van der Waals surface area contributed by atoms with Crippen LogP contribution in [0.5, 0.6) is 0 Å². The Kier molecular flexibility index (Phi) is 6.62. The van der Waals surface area contributed by atoms with Crippen LogP contribution in [0.2, 0.25) is 0 Å². The summed E-state index contributed by atoms with van der Waals surface area (Å²) in [5.74, 6) is 14.6. The molecule has 1 nitrogen and oxygen atoms in total. The summed E-state index contributed by atoms with van der Waals surface area (Å²) in [6.45, 7) is 4.34. The first kappa shape index (κ1) is 19.1. The van der Waals surface area contributed by atoms with Crippen LogP contribution < -0.4 is 0 Å². The maximum Gasteiger partial charge on any atom is 0.0769 e. The topological polar surface area (TPSA) is 12.4 Å². The summed E-state index contributed by atoms with van der Waals surface area (Å²) in [5, 5.41) is 2.40. The number of benzene rings is 2. The second-order valence-electron chi connectivity index (χ2n) is 7.26. The second-order valence-corrected chi connectivity index (χ2v) is 7.44. The van der Waals surface area contributed by atoms with Gasteiger partial charge in [-0.2, -0.15) is 4.99 Å². The van der Waals surface area contributed by atoms with Gasteiger partial charge in [0.15, 0.2) is 0 Å². The Morgan fingerprint density at radius 1 is 0.852 bits per heavy atom. The van der Waals surface area contributed by atoms with Crippen LogP contribution in [0, 0.1) is 42.4 Å². The third kappa shape index (κ3) is 5.67. The molecule has 0 heterocycles. The van der Waals surface area contributed by atoms with Gasteiger partial charge in [0.2, 0.25) is 0 Å². The molecule has 0 bridgehead atoms. The Hall–Kier alpha value is -2.64. The van der Waals surface area contributed by atoms with Crippen LogP contribution in [0.1, 0.15) is 54.9 Å². The van der Waals surface area contributed by atoms with Crippen molar-refractivity contribution in [2.45, 2.75) is 39.5 Å². The highest BCUT2D eigenvalue weighted by atomic mass is 32.1. The Balaban J connectivity index is 1.66. The second kappa shape index (κ2) is 9.34. The Morgan fingerprint density at radius 3 is 2.07 bits per heavy atom. The number of hydrogen-bond donors (Lipinski definition) is 0. The third-order valence-corrected chi connectivity index (χ3v) is 5.13. The van der Waals surface area contributed by atoms with Crippen molar-refractivity contribution < 1.29 is 0 Å². The number of nitrogens with zero attached hydrogens (tertiary/aromatic N) is 1. The molecule has 0 amide bonds. The van der Waals surface area contributed by atoms with Crippen LogP contribution in [0.15, 0.2) is 47.5 Å². The Bertz CT molecular complexity index is 965. The Morgan fingerprint density at radius 2 is 1.44 bits per heavy atom. The highest BCUT2D eigenvalue weighted by Gasteiger charge is 2.15. The number of isothiocyanates is 1. The first-order valence-electron chi connectivity index (χ1n) is 9.46. The molecule has 2 aromatic carbocycles.